The van der Waals surface area contributed by atoms with Gasteiger partial charge in [0.05, 0.1) is 0 Å². The summed E-state index contributed by atoms with van der Waals surface area (Å²) in [7, 11) is 0. The smallest absolute Gasteiger partial charge is 0.140 e. The van der Waals surface area contributed by atoms with Crippen molar-refractivity contribution in [2.45, 2.75) is 46.6 Å². The number of rotatable bonds is 4. The molecule has 0 amide bonds. The van der Waals surface area contributed by atoms with E-state index in [1.54, 1.807) is 0 Å². The number of nitrogens with one attached hydrogen (secondary N) is 1. The minimum absolute atomic E-state index is 0.682. The standard InChI is InChI=1S/C13H22N2O/c1-9(2)7-14-8-12-11-6-10(3)4-5-13(11)16-15-12/h9-10,14H,4-8H2,1-3H3. The molecule has 1 N–H and O–H groups in total. The second-order valence-electron chi connectivity index (χ2n) is 5.40. The van der Waals surface area contributed by atoms with Gasteiger partial charge < -0.3 is 9.84 Å². The topological polar surface area (TPSA) is 38.1 Å². The van der Waals surface area contributed by atoms with Gasteiger partial charge in [-0.1, -0.05) is 25.9 Å². The molecule has 1 heterocycles. The first-order valence-electron chi connectivity index (χ1n) is 6.33. The summed E-state index contributed by atoms with van der Waals surface area (Å²) in [6.45, 7) is 8.63. The molecule has 0 fully saturated rings. The van der Waals surface area contributed by atoms with Gasteiger partial charge in [0.2, 0.25) is 0 Å². The molecule has 2 rings (SSSR count). The number of aryl methyl sites for hydroxylation is 1. The van der Waals surface area contributed by atoms with Crippen molar-refractivity contribution in [2.75, 3.05) is 6.54 Å². The third-order valence-corrected chi connectivity index (χ3v) is 3.21. The van der Waals surface area contributed by atoms with Crippen molar-refractivity contribution in [3.05, 3.63) is 17.0 Å². The first-order chi connectivity index (χ1) is 7.66. The van der Waals surface area contributed by atoms with Gasteiger partial charge in [-0.05, 0) is 31.2 Å². The Morgan fingerprint density at radius 3 is 3.06 bits per heavy atom. The fourth-order valence-electron chi connectivity index (χ4n) is 2.26. The molecular weight excluding hydrogens is 200 g/mol. The zero-order chi connectivity index (χ0) is 11.5. The van der Waals surface area contributed by atoms with Crippen LogP contribution in [0, 0.1) is 11.8 Å². The Balaban J connectivity index is 1.97. The normalized spacial score (nSPS) is 20.1. The molecule has 0 aliphatic heterocycles. The Labute approximate surface area is 97.6 Å². The van der Waals surface area contributed by atoms with Gasteiger partial charge >= 0.3 is 0 Å². The van der Waals surface area contributed by atoms with Gasteiger partial charge in [0.1, 0.15) is 11.5 Å². The van der Waals surface area contributed by atoms with Crippen LogP contribution in [-0.2, 0) is 19.4 Å². The Hall–Kier alpha value is -0.830. The van der Waals surface area contributed by atoms with E-state index in [1.807, 2.05) is 0 Å². The second-order valence-corrected chi connectivity index (χ2v) is 5.40. The van der Waals surface area contributed by atoms with Crippen LogP contribution in [-0.4, -0.2) is 11.7 Å². The summed E-state index contributed by atoms with van der Waals surface area (Å²) >= 11 is 0. The van der Waals surface area contributed by atoms with E-state index in [2.05, 4.69) is 31.2 Å². The maximum absolute atomic E-state index is 5.40. The first-order valence-corrected chi connectivity index (χ1v) is 6.33. The van der Waals surface area contributed by atoms with Crippen molar-refractivity contribution in [1.29, 1.82) is 0 Å². The van der Waals surface area contributed by atoms with E-state index in [9.17, 15) is 0 Å². The van der Waals surface area contributed by atoms with E-state index in [0.29, 0.717) is 5.92 Å². The molecule has 16 heavy (non-hydrogen) atoms. The van der Waals surface area contributed by atoms with Gasteiger partial charge in [-0.25, -0.2) is 0 Å². The summed E-state index contributed by atoms with van der Waals surface area (Å²) in [5, 5.41) is 7.62. The number of hydrogen-bond acceptors (Lipinski definition) is 3. The Bertz CT molecular complexity index is 344. The van der Waals surface area contributed by atoms with Crippen molar-refractivity contribution in [3.8, 4) is 0 Å². The lowest BCUT2D eigenvalue weighted by Crippen LogP contribution is -2.21. The molecule has 1 aromatic heterocycles. The molecule has 0 saturated carbocycles. The molecule has 0 aromatic carbocycles. The van der Waals surface area contributed by atoms with Gasteiger partial charge in [-0.15, -0.1) is 0 Å². The highest BCUT2D eigenvalue weighted by Gasteiger charge is 2.22. The molecule has 0 spiro atoms. The fourth-order valence-corrected chi connectivity index (χ4v) is 2.26. The number of hydrogen-bond donors (Lipinski definition) is 1. The molecule has 3 nitrogen and oxygen atoms in total. The van der Waals surface area contributed by atoms with E-state index >= 15 is 0 Å². The van der Waals surface area contributed by atoms with Crippen LogP contribution in [0.4, 0.5) is 0 Å². The molecule has 1 unspecified atom stereocenters. The Morgan fingerprint density at radius 1 is 1.50 bits per heavy atom. The molecule has 1 aliphatic rings. The van der Waals surface area contributed by atoms with Crippen LogP contribution in [0.2, 0.25) is 0 Å². The van der Waals surface area contributed by atoms with Gasteiger partial charge in [0, 0.05) is 18.5 Å². The summed E-state index contributed by atoms with van der Waals surface area (Å²) in [5.41, 5.74) is 2.50. The molecule has 1 aliphatic carbocycles. The number of aromatic nitrogens is 1. The lowest BCUT2D eigenvalue weighted by Gasteiger charge is -2.16. The predicted octanol–water partition coefficient (Wildman–Crippen LogP) is 2.55. The van der Waals surface area contributed by atoms with Gasteiger partial charge in [-0.3, -0.25) is 0 Å². The van der Waals surface area contributed by atoms with Gasteiger partial charge in [0.25, 0.3) is 0 Å². The molecule has 0 saturated heterocycles. The highest BCUT2D eigenvalue weighted by atomic mass is 16.5. The maximum atomic E-state index is 5.40. The van der Waals surface area contributed by atoms with Crippen LogP contribution in [0.5, 0.6) is 0 Å². The Morgan fingerprint density at radius 2 is 2.31 bits per heavy atom. The van der Waals surface area contributed by atoms with Crippen LogP contribution < -0.4 is 5.32 Å². The summed E-state index contributed by atoms with van der Waals surface area (Å²) in [4.78, 5) is 0. The van der Waals surface area contributed by atoms with E-state index in [4.69, 9.17) is 4.52 Å². The SMILES string of the molecule is CC(C)CNCc1noc2c1CC(C)CC2. The molecule has 1 atom stereocenters. The molecule has 1 aromatic rings. The van der Waals surface area contributed by atoms with Crippen molar-refractivity contribution in [1.82, 2.24) is 10.5 Å². The Kier molecular flexibility index (Phi) is 3.64. The lowest BCUT2D eigenvalue weighted by atomic mass is 9.88. The number of nitrogens with zero attached hydrogens (tertiary/aromatic N) is 1. The fraction of sp³-hybridized carbons (Fsp3) is 0.769. The highest BCUT2D eigenvalue weighted by Crippen LogP contribution is 2.27. The largest absolute Gasteiger partial charge is 0.361 e. The van der Waals surface area contributed by atoms with Gasteiger partial charge in [-0.2, -0.15) is 0 Å². The first kappa shape index (κ1) is 11.6. The minimum Gasteiger partial charge on any atom is -0.361 e. The summed E-state index contributed by atoms with van der Waals surface area (Å²) in [5.74, 6) is 2.58. The van der Waals surface area contributed by atoms with E-state index < -0.39 is 0 Å². The van der Waals surface area contributed by atoms with Crippen LogP contribution in [0.3, 0.4) is 0 Å². The van der Waals surface area contributed by atoms with Gasteiger partial charge in [0.15, 0.2) is 0 Å². The van der Waals surface area contributed by atoms with Crippen LogP contribution in [0.15, 0.2) is 4.52 Å². The quantitative estimate of drug-likeness (QED) is 0.850. The monoisotopic (exact) mass is 222 g/mol. The van der Waals surface area contributed by atoms with E-state index in [-0.39, 0.29) is 0 Å². The van der Waals surface area contributed by atoms with E-state index in [0.717, 1.165) is 43.3 Å². The van der Waals surface area contributed by atoms with Crippen LogP contribution in [0.1, 0.15) is 44.2 Å². The molecule has 3 heteroatoms. The predicted molar refractivity (Wildman–Crippen MR) is 64.2 cm³/mol. The summed E-state index contributed by atoms with van der Waals surface area (Å²) in [6, 6.07) is 0. The van der Waals surface area contributed by atoms with Crippen LogP contribution >= 0.6 is 0 Å². The van der Waals surface area contributed by atoms with Crippen LogP contribution in [0.25, 0.3) is 0 Å². The summed E-state index contributed by atoms with van der Waals surface area (Å²) in [6.07, 6.45) is 3.44. The zero-order valence-electron chi connectivity index (χ0n) is 10.5. The number of fused-ring (bicyclic) bond motifs is 1. The maximum Gasteiger partial charge on any atom is 0.140 e. The third kappa shape index (κ3) is 2.64. The molecule has 0 radical (unpaired) electrons. The average molecular weight is 222 g/mol. The third-order valence-electron chi connectivity index (χ3n) is 3.21. The molecular formula is C13H22N2O. The highest BCUT2D eigenvalue weighted by molar-refractivity contribution is 5.25. The van der Waals surface area contributed by atoms with Crippen molar-refractivity contribution >= 4 is 0 Å². The minimum atomic E-state index is 0.682. The van der Waals surface area contributed by atoms with Crippen molar-refractivity contribution in [2.24, 2.45) is 11.8 Å². The average Bonchev–Trinajstić information content (AvgIpc) is 2.60. The van der Waals surface area contributed by atoms with E-state index in [1.165, 1.54) is 12.0 Å². The summed E-state index contributed by atoms with van der Waals surface area (Å²) < 4.78 is 5.40. The molecule has 90 valence electrons. The second kappa shape index (κ2) is 5.00. The van der Waals surface area contributed by atoms with Crippen molar-refractivity contribution < 1.29 is 4.52 Å². The zero-order valence-corrected chi connectivity index (χ0v) is 10.5. The molecule has 0 bridgehead atoms. The van der Waals surface area contributed by atoms with Crippen molar-refractivity contribution in [3.63, 3.8) is 0 Å². The lowest BCUT2D eigenvalue weighted by molar-refractivity contribution is 0.352.